The quantitative estimate of drug-likeness (QED) is 0.631. The fourth-order valence-electron chi connectivity index (χ4n) is 2.81. The molecule has 0 aromatic heterocycles. The van der Waals surface area contributed by atoms with Crippen LogP contribution in [0.4, 0.5) is 0 Å². The Hall–Kier alpha value is -1.64. The first-order chi connectivity index (χ1) is 12.3. The Morgan fingerprint density at radius 1 is 1.22 bits per heavy atom. The van der Waals surface area contributed by atoms with E-state index in [0.717, 1.165) is 0 Å². The van der Waals surface area contributed by atoms with Gasteiger partial charge in [0.1, 0.15) is 6.04 Å². The molecular formula is C18H32N2O6S. The Morgan fingerprint density at radius 3 is 2.26 bits per heavy atom. The highest BCUT2D eigenvalue weighted by atomic mass is 32.2. The van der Waals surface area contributed by atoms with Crippen LogP contribution in [0.15, 0.2) is 0 Å². The fourth-order valence-corrected chi connectivity index (χ4v) is 4.52. The topological polar surface area (TPSA) is 110 Å². The van der Waals surface area contributed by atoms with Crippen molar-refractivity contribution in [1.29, 1.82) is 0 Å². The number of carbonyl (C=O) groups is 3. The van der Waals surface area contributed by atoms with E-state index in [1.165, 1.54) is 11.8 Å². The molecule has 0 saturated carbocycles. The lowest BCUT2D eigenvalue weighted by Crippen LogP contribution is -2.49. The number of ether oxygens (including phenoxy) is 1. The summed E-state index contributed by atoms with van der Waals surface area (Å²) in [5, 5.41) is 2.55. The Bertz CT molecular complexity index is 668. The number of rotatable bonds is 7. The second kappa shape index (κ2) is 9.03. The standard InChI is InChI=1S/C18H32N2O6S/c1-7-12(2)20(14-8-9-27(24,25)11-14)15(21)10-26-16(22)13(3)19-17(23)18(4,5)6/h12-14H,7-11H2,1-6H3,(H,19,23)/t12-,13+,14+/m0/s1. The Labute approximate surface area is 161 Å². The van der Waals surface area contributed by atoms with E-state index in [0.29, 0.717) is 12.8 Å². The minimum Gasteiger partial charge on any atom is -0.454 e. The van der Waals surface area contributed by atoms with Crippen LogP contribution in [-0.2, 0) is 29.0 Å². The summed E-state index contributed by atoms with van der Waals surface area (Å²) in [6.07, 6.45) is 1.05. The van der Waals surface area contributed by atoms with E-state index in [2.05, 4.69) is 5.32 Å². The first kappa shape index (κ1) is 23.4. The molecule has 1 aliphatic rings. The van der Waals surface area contributed by atoms with Gasteiger partial charge in [-0.15, -0.1) is 0 Å². The number of hydrogen-bond acceptors (Lipinski definition) is 6. The lowest BCUT2D eigenvalue weighted by atomic mass is 9.95. The lowest BCUT2D eigenvalue weighted by molar-refractivity contribution is -0.156. The molecular weight excluding hydrogens is 372 g/mol. The van der Waals surface area contributed by atoms with Crippen LogP contribution in [0.5, 0.6) is 0 Å². The molecule has 8 nitrogen and oxygen atoms in total. The molecule has 1 fully saturated rings. The van der Waals surface area contributed by atoms with Crippen molar-refractivity contribution in [3.05, 3.63) is 0 Å². The maximum absolute atomic E-state index is 12.6. The first-order valence-electron chi connectivity index (χ1n) is 9.27. The van der Waals surface area contributed by atoms with Gasteiger partial charge in [-0.25, -0.2) is 13.2 Å². The summed E-state index contributed by atoms with van der Waals surface area (Å²) in [5.74, 6) is -1.42. The number of carbonyl (C=O) groups excluding carboxylic acids is 3. The predicted molar refractivity (Wildman–Crippen MR) is 102 cm³/mol. The summed E-state index contributed by atoms with van der Waals surface area (Å²) in [6.45, 7) is 9.94. The highest BCUT2D eigenvalue weighted by Crippen LogP contribution is 2.21. The summed E-state index contributed by atoms with van der Waals surface area (Å²) in [5.41, 5.74) is -0.647. The Balaban J connectivity index is 2.68. The molecule has 9 heteroatoms. The van der Waals surface area contributed by atoms with Crippen molar-refractivity contribution in [2.45, 2.75) is 72.5 Å². The molecule has 0 bridgehead atoms. The minimum absolute atomic E-state index is 0.0604. The van der Waals surface area contributed by atoms with Crippen molar-refractivity contribution in [2.75, 3.05) is 18.1 Å². The van der Waals surface area contributed by atoms with Crippen LogP contribution in [0, 0.1) is 5.41 Å². The van der Waals surface area contributed by atoms with E-state index in [4.69, 9.17) is 4.74 Å². The van der Waals surface area contributed by atoms with Gasteiger partial charge in [-0.2, -0.15) is 0 Å². The van der Waals surface area contributed by atoms with Crippen molar-refractivity contribution in [3.8, 4) is 0 Å². The summed E-state index contributed by atoms with van der Waals surface area (Å²) in [7, 11) is -3.14. The lowest BCUT2D eigenvalue weighted by Gasteiger charge is -2.33. The van der Waals surface area contributed by atoms with Gasteiger partial charge in [0.2, 0.25) is 5.91 Å². The van der Waals surface area contributed by atoms with E-state index in [-0.39, 0.29) is 23.5 Å². The van der Waals surface area contributed by atoms with E-state index in [9.17, 15) is 22.8 Å². The van der Waals surface area contributed by atoms with Crippen LogP contribution in [-0.4, -0.2) is 67.3 Å². The highest BCUT2D eigenvalue weighted by Gasteiger charge is 2.37. The number of nitrogens with one attached hydrogen (secondary N) is 1. The summed E-state index contributed by atoms with van der Waals surface area (Å²) >= 11 is 0. The SMILES string of the molecule is CC[C@H](C)N(C(=O)COC(=O)[C@@H](C)NC(=O)C(C)(C)C)[C@@H]1CCS(=O)(=O)C1. The van der Waals surface area contributed by atoms with Gasteiger partial charge in [0.15, 0.2) is 16.4 Å². The molecule has 0 unspecified atom stereocenters. The number of nitrogens with zero attached hydrogens (tertiary/aromatic N) is 1. The largest absolute Gasteiger partial charge is 0.454 e. The van der Waals surface area contributed by atoms with E-state index >= 15 is 0 Å². The minimum atomic E-state index is -3.14. The van der Waals surface area contributed by atoms with Crippen LogP contribution in [0.3, 0.4) is 0 Å². The van der Waals surface area contributed by atoms with Crippen molar-refractivity contribution in [3.63, 3.8) is 0 Å². The number of sulfone groups is 1. The zero-order valence-electron chi connectivity index (χ0n) is 17.1. The van der Waals surface area contributed by atoms with E-state index in [1.807, 2.05) is 13.8 Å². The highest BCUT2D eigenvalue weighted by molar-refractivity contribution is 7.91. The monoisotopic (exact) mass is 404 g/mol. The van der Waals surface area contributed by atoms with Crippen LogP contribution in [0.2, 0.25) is 0 Å². The average molecular weight is 405 g/mol. The van der Waals surface area contributed by atoms with Crippen LogP contribution < -0.4 is 5.32 Å². The molecule has 27 heavy (non-hydrogen) atoms. The molecule has 1 N–H and O–H groups in total. The maximum Gasteiger partial charge on any atom is 0.328 e. The van der Waals surface area contributed by atoms with Crippen LogP contribution >= 0.6 is 0 Å². The van der Waals surface area contributed by atoms with Gasteiger partial charge in [-0.1, -0.05) is 27.7 Å². The third-order valence-corrected chi connectivity index (χ3v) is 6.43. The molecule has 156 valence electrons. The average Bonchev–Trinajstić information content (AvgIpc) is 2.90. The van der Waals surface area contributed by atoms with Gasteiger partial charge in [-0.3, -0.25) is 9.59 Å². The Kier molecular flexibility index (Phi) is 7.83. The summed E-state index contributed by atoms with van der Waals surface area (Å²) in [4.78, 5) is 38.2. The molecule has 0 aromatic rings. The van der Waals surface area contributed by atoms with E-state index < -0.39 is 45.8 Å². The van der Waals surface area contributed by atoms with Gasteiger partial charge in [-0.05, 0) is 26.7 Å². The van der Waals surface area contributed by atoms with Gasteiger partial charge < -0.3 is 15.0 Å². The Morgan fingerprint density at radius 2 is 1.81 bits per heavy atom. The predicted octanol–water partition coefficient (Wildman–Crippen LogP) is 0.895. The number of hydrogen-bond donors (Lipinski definition) is 1. The van der Waals surface area contributed by atoms with Crippen LogP contribution in [0.25, 0.3) is 0 Å². The molecule has 1 saturated heterocycles. The van der Waals surface area contributed by atoms with Crippen molar-refractivity contribution in [2.24, 2.45) is 5.41 Å². The molecule has 0 spiro atoms. The van der Waals surface area contributed by atoms with Crippen molar-refractivity contribution < 1.29 is 27.5 Å². The van der Waals surface area contributed by atoms with Gasteiger partial charge in [0, 0.05) is 17.5 Å². The second-order valence-electron chi connectivity index (χ2n) is 8.17. The van der Waals surface area contributed by atoms with Gasteiger partial charge in [0.25, 0.3) is 5.91 Å². The number of esters is 1. The second-order valence-corrected chi connectivity index (χ2v) is 10.4. The normalized spacial score (nSPS) is 21.2. The summed E-state index contributed by atoms with van der Waals surface area (Å²) < 4.78 is 28.6. The molecule has 1 rings (SSSR count). The van der Waals surface area contributed by atoms with Crippen LogP contribution in [0.1, 0.15) is 54.4 Å². The summed E-state index contributed by atoms with van der Waals surface area (Å²) in [6, 6.07) is -1.44. The van der Waals surface area contributed by atoms with E-state index in [1.54, 1.807) is 20.8 Å². The zero-order valence-corrected chi connectivity index (χ0v) is 17.9. The van der Waals surface area contributed by atoms with Crippen molar-refractivity contribution >= 4 is 27.6 Å². The molecule has 0 radical (unpaired) electrons. The molecule has 2 amide bonds. The van der Waals surface area contributed by atoms with Gasteiger partial charge >= 0.3 is 5.97 Å². The maximum atomic E-state index is 12.6. The fraction of sp³-hybridized carbons (Fsp3) is 0.833. The third kappa shape index (κ3) is 6.79. The first-order valence-corrected chi connectivity index (χ1v) is 11.1. The number of amides is 2. The zero-order chi connectivity index (χ0) is 21.0. The molecule has 1 heterocycles. The molecule has 0 aromatic carbocycles. The molecule has 3 atom stereocenters. The van der Waals surface area contributed by atoms with Crippen molar-refractivity contribution in [1.82, 2.24) is 10.2 Å². The molecule has 1 aliphatic heterocycles. The van der Waals surface area contributed by atoms with Gasteiger partial charge in [0.05, 0.1) is 11.5 Å². The molecule has 0 aliphatic carbocycles. The smallest absolute Gasteiger partial charge is 0.328 e. The third-order valence-electron chi connectivity index (χ3n) is 4.68.